The Hall–Kier alpha value is -0.487. The summed E-state index contributed by atoms with van der Waals surface area (Å²) >= 11 is 1.46. The third kappa shape index (κ3) is 10.4. The number of halogens is 2. The van der Waals surface area contributed by atoms with Crippen molar-refractivity contribution >= 4 is 28.5 Å². The van der Waals surface area contributed by atoms with E-state index >= 15 is 0 Å². The molecule has 3 rings (SSSR count). The molecule has 2 unspecified atom stereocenters. The maximum absolute atomic E-state index is 3.36. The minimum atomic E-state index is 0. The standard InChI is InChI=1S/2C9H13.C7H6.CH3.2ClH.Zr/c2*1-6-5-7(2)9(4)8(6)3;1-7-5-3-2-4-6-7;;;;/h2*6H,1-4H3;1-6H;1H3;2*1H;/q2*-1;;-1;;;. The molecule has 0 bridgehead atoms. The van der Waals surface area contributed by atoms with Crippen LogP contribution in [0, 0.1) is 31.4 Å². The van der Waals surface area contributed by atoms with E-state index in [4.69, 9.17) is 0 Å². The van der Waals surface area contributed by atoms with Crippen LogP contribution in [0.15, 0.2) is 63.8 Å². The molecule has 0 saturated heterocycles. The first-order valence-corrected chi connectivity index (χ1v) is 10.7. The molecule has 0 saturated carbocycles. The van der Waals surface area contributed by atoms with Crippen molar-refractivity contribution in [3.8, 4) is 0 Å². The molecule has 1 aromatic carbocycles. The van der Waals surface area contributed by atoms with Crippen molar-refractivity contribution in [3.63, 3.8) is 0 Å². The van der Waals surface area contributed by atoms with Crippen LogP contribution in [0.2, 0.25) is 0 Å². The average Bonchev–Trinajstić information content (AvgIpc) is 3.00. The van der Waals surface area contributed by atoms with E-state index in [1.165, 1.54) is 63.2 Å². The fraction of sp³-hybridized carbons (Fsp3) is 0.385. The number of rotatable bonds is 1. The van der Waals surface area contributed by atoms with Gasteiger partial charge < -0.3 is 7.43 Å². The van der Waals surface area contributed by atoms with Gasteiger partial charge in [-0.1, -0.05) is 53.4 Å². The van der Waals surface area contributed by atoms with Gasteiger partial charge in [0.25, 0.3) is 0 Å². The molecule has 0 amide bonds. The predicted molar refractivity (Wildman–Crippen MR) is 132 cm³/mol. The summed E-state index contributed by atoms with van der Waals surface area (Å²) in [6.45, 7) is 17.3. The van der Waals surface area contributed by atoms with E-state index in [1.807, 2.05) is 6.07 Å². The third-order valence-electron chi connectivity index (χ3n) is 5.44. The first kappa shape index (κ1) is 33.2. The Morgan fingerprint density at radius 2 is 1.07 bits per heavy atom. The van der Waals surface area contributed by atoms with Crippen molar-refractivity contribution in [1.29, 1.82) is 0 Å². The van der Waals surface area contributed by atoms with E-state index in [0.29, 0.717) is 11.8 Å². The molecular weight excluding hydrogens is 474 g/mol. The van der Waals surface area contributed by atoms with Crippen molar-refractivity contribution < 1.29 is 24.2 Å². The van der Waals surface area contributed by atoms with Crippen LogP contribution in [0.5, 0.6) is 0 Å². The Kier molecular flexibility index (Phi) is 18.6. The number of allylic oxidation sites excluding steroid dienone is 8. The number of hydrogen-bond donors (Lipinski definition) is 0. The van der Waals surface area contributed by atoms with E-state index in [-0.39, 0.29) is 32.2 Å². The summed E-state index contributed by atoms with van der Waals surface area (Å²) in [7, 11) is 0. The molecule has 2 atom stereocenters. The van der Waals surface area contributed by atoms with Crippen molar-refractivity contribution in [2.45, 2.75) is 55.4 Å². The van der Waals surface area contributed by atoms with Gasteiger partial charge in [-0.25, -0.2) is 11.1 Å². The fourth-order valence-electron chi connectivity index (χ4n) is 2.87. The van der Waals surface area contributed by atoms with Crippen LogP contribution >= 0.6 is 24.8 Å². The van der Waals surface area contributed by atoms with Crippen LogP contribution in [0.1, 0.15) is 61.0 Å². The van der Waals surface area contributed by atoms with Crippen LogP contribution in [0.3, 0.4) is 0 Å². The topological polar surface area (TPSA) is 0 Å². The van der Waals surface area contributed by atoms with Gasteiger partial charge in [-0.05, 0) is 0 Å². The molecular formula is C26H37Cl2Zr-3. The second-order valence-corrected chi connectivity index (χ2v) is 7.86. The Labute approximate surface area is 207 Å². The second kappa shape index (κ2) is 16.2. The zero-order valence-corrected chi connectivity index (χ0v) is 23.5. The van der Waals surface area contributed by atoms with Gasteiger partial charge >= 0.3 is 63.8 Å². The van der Waals surface area contributed by atoms with Gasteiger partial charge in [-0.15, -0.1) is 38.7 Å². The SMILES string of the molecule is CC1=[C-]C(C)C(C)=C1C.CC1=[C-]C(C)C(C)=C1C.Cl.Cl.[CH3-].[Zr]=[CH]c1ccccc1. The first-order chi connectivity index (χ1) is 12.2. The van der Waals surface area contributed by atoms with Gasteiger partial charge in [0, 0.05) is 0 Å². The van der Waals surface area contributed by atoms with E-state index in [1.54, 1.807) is 0 Å². The molecule has 0 radical (unpaired) electrons. The number of benzene rings is 1. The summed E-state index contributed by atoms with van der Waals surface area (Å²) in [6, 6.07) is 10.3. The second-order valence-electron chi connectivity index (χ2n) is 7.15. The van der Waals surface area contributed by atoms with Crippen LogP contribution in [-0.2, 0) is 24.2 Å². The molecule has 0 N–H and O–H groups in total. The van der Waals surface area contributed by atoms with Gasteiger partial charge in [0.05, 0.1) is 0 Å². The average molecular weight is 512 g/mol. The minimum absolute atomic E-state index is 0. The van der Waals surface area contributed by atoms with Crippen molar-refractivity contribution in [3.05, 3.63) is 88.9 Å². The van der Waals surface area contributed by atoms with Gasteiger partial charge in [0.2, 0.25) is 0 Å². The summed E-state index contributed by atoms with van der Waals surface area (Å²) in [5.74, 6) is 1.12. The zero-order chi connectivity index (χ0) is 19.9. The Morgan fingerprint density at radius 3 is 1.21 bits per heavy atom. The fourth-order valence-corrected chi connectivity index (χ4v) is 3.35. The van der Waals surface area contributed by atoms with Crippen molar-refractivity contribution in [2.24, 2.45) is 11.8 Å². The van der Waals surface area contributed by atoms with Crippen LogP contribution in [0.25, 0.3) is 0 Å². The van der Waals surface area contributed by atoms with E-state index in [0.717, 1.165) is 0 Å². The summed E-state index contributed by atoms with van der Waals surface area (Å²) in [5, 5.41) is 0. The van der Waals surface area contributed by atoms with Gasteiger partial charge in [0.1, 0.15) is 0 Å². The molecule has 162 valence electrons. The first-order valence-electron chi connectivity index (χ1n) is 9.30. The van der Waals surface area contributed by atoms with E-state index in [2.05, 4.69) is 95.5 Å². The van der Waals surface area contributed by atoms with Crippen molar-refractivity contribution in [1.82, 2.24) is 0 Å². The summed E-state index contributed by atoms with van der Waals surface area (Å²) in [4.78, 5) is 0. The van der Waals surface area contributed by atoms with Gasteiger partial charge in [0.15, 0.2) is 0 Å². The molecule has 29 heavy (non-hydrogen) atoms. The molecule has 0 aromatic heterocycles. The van der Waals surface area contributed by atoms with Gasteiger partial charge in [-0.2, -0.15) is 22.3 Å². The molecule has 0 fully saturated rings. The van der Waals surface area contributed by atoms with Crippen LogP contribution in [-0.4, -0.2) is 3.71 Å². The Balaban J connectivity index is -0.000000333. The third-order valence-corrected chi connectivity index (χ3v) is 6.26. The molecule has 2 aliphatic rings. The number of hydrogen-bond acceptors (Lipinski definition) is 0. The van der Waals surface area contributed by atoms with E-state index < -0.39 is 0 Å². The Bertz CT molecular complexity index is 708. The van der Waals surface area contributed by atoms with Crippen LogP contribution < -0.4 is 0 Å². The molecule has 0 heterocycles. The normalized spacial score (nSPS) is 19.1. The predicted octanol–water partition coefficient (Wildman–Crippen LogP) is 8.12. The summed E-state index contributed by atoms with van der Waals surface area (Å²) in [5.41, 5.74) is 9.82. The molecule has 3 heteroatoms. The molecule has 0 spiro atoms. The van der Waals surface area contributed by atoms with Crippen LogP contribution in [0.4, 0.5) is 0 Å². The zero-order valence-electron chi connectivity index (χ0n) is 19.4. The van der Waals surface area contributed by atoms with Crippen molar-refractivity contribution in [2.75, 3.05) is 0 Å². The Morgan fingerprint density at radius 1 is 0.724 bits per heavy atom. The molecule has 0 aliphatic heterocycles. The monoisotopic (exact) mass is 509 g/mol. The molecule has 2 aliphatic carbocycles. The van der Waals surface area contributed by atoms with Gasteiger partial charge in [-0.3, -0.25) is 12.2 Å². The van der Waals surface area contributed by atoms with E-state index in [9.17, 15) is 0 Å². The molecule has 0 nitrogen and oxygen atoms in total. The molecule has 1 aromatic rings. The summed E-state index contributed by atoms with van der Waals surface area (Å²) < 4.78 is 2.17. The summed E-state index contributed by atoms with van der Waals surface area (Å²) in [6.07, 6.45) is 6.72. The maximum atomic E-state index is 3.36. The quantitative estimate of drug-likeness (QED) is 0.334.